The molecule has 0 aliphatic carbocycles. The van der Waals surface area contributed by atoms with E-state index in [0.29, 0.717) is 11.6 Å². The van der Waals surface area contributed by atoms with Crippen LogP contribution in [0.25, 0.3) is 0 Å². The quantitative estimate of drug-likeness (QED) is 0.879. The van der Waals surface area contributed by atoms with Gasteiger partial charge in [-0.3, -0.25) is 4.79 Å². The second-order valence-electron chi connectivity index (χ2n) is 4.45. The van der Waals surface area contributed by atoms with Gasteiger partial charge in [-0.25, -0.2) is 4.98 Å². The monoisotopic (exact) mass is 249 g/mol. The van der Waals surface area contributed by atoms with Gasteiger partial charge in [-0.2, -0.15) is 0 Å². The highest BCUT2D eigenvalue weighted by Gasteiger charge is 2.23. The number of nitrogens with zero attached hydrogens (tertiary/aromatic N) is 2. The fourth-order valence-corrected chi connectivity index (χ4v) is 2.14. The van der Waals surface area contributed by atoms with Crippen molar-refractivity contribution in [2.24, 2.45) is 0 Å². The highest BCUT2D eigenvalue weighted by atomic mass is 16.5. The van der Waals surface area contributed by atoms with Gasteiger partial charge in [-0.15, -0.1) is 0 Å². The first-order valence-electron chi connectivity index (χ1n) is 6.26. The molecular weight excluding hydrogens is 230 g/mol. The van der Waals surface area contributed by atoms with Crippen LogP contribution < -0.4 is 10.1 Å². The van der Waals surface area contributed by atoms with Crippen LogP contribution in [-0.4, -0.2) is 42.0 Å². The average Bonchev–Trinajstić information content (AvgIpc) is 2.92. The number of rotatable bonds is 4. The molecule has 1 N–H and O–H groups in total. The third-order valence-corrected chi connectivity index (χ3v) is 3.13. The second-order valence-corrected chi connectivity index (χ2v) is 4.45. The maximum atomic E-state index is 12.1. The van der Waals surface area contributed by atoms with Gasteiger partial charge in [0.15, 0.2) is 11.6 Å². The number of ether oxygens (including phenoxy) is 1. The smallest absolute Gasteiger partial charge is 0.244 e. The Morgan fingerprint density at radius 1 is 1.50 bits per heavy atom. The minimum absolute atomic E-state index is 0.125. The van der Waals surface area contributed by atoms with Crippen molar-refractivity contribution in [3.8, 4) is 5.75 Å². The number of amides is 1. The van der Waals surface area contributed by atoms with Crippen molar-refractivity contribution in [2.45, 2.75) is 25.8 Å². The SMILES string of the molecule is COc1cccnc1NC(C)C(=O)N1CCCC1. The van der Waals surface area contributed by atoms with Crippen LogP contribution in [0.2, 0.25) is 0 Å². The number of carbonyl (C=O) groups excluding carboxylic acids is 1. The summed E-state index contributed by atoms with van der Waals surface area (Å²) in [4.78, 5) is 18.2. The number of hydrogen-bond acceptors (Lipinski definition) is 4. The second kappa shape index (κ2) is 5.71. The van der Waals surface area contributed by atoms with Gasteiger partial charge < -0.3 is 15.0 Å². The molecule has 1 fully saturated rings. The van der Waals surface area contributed by atoms with E-state index in [1.165, 1.54) is 0 Å². The summed E-state index contributed by atoms with van der Waals surface area (Å²) < 4.78 is 5.20. The molecule has 2 rings (SSSR count). The number of methoxy groups -OCH3 is 1. The molecule has 1 amide bonds. The predicted molar refractivity (Wildman–Crippen MR) is 69.7 cm³/mol. The largest absolute Gasteiger partial charge is 0.493 e. The first kappa shape index (κ1) is 12.7. The lowest BCUT2D eigenvalue weighted by molar-refractivity contribution is -0.130. The van der Waals surface area contributed by atoms with Gasteiger partial charge in [0, 0.05) is 19.3 Å². The van der Waals surface area contributed by atoms with Crippen LogP contribution in [0, 0.1) is 0 Å². The van der Waals surface area contributed by atoms with Crippen molar-refractivity contribution in [3.05, 3.63) is 18.3 Å². The number of aromatic nitrogens is 1. The van der Waals surface area contributed by atoms with Crippen LogP contribution in [-0.2, 0) is 4.79 Å². The molecular formula is C13H19N3O2. The maximum Gasteiger partial charge on any atom is 0.244 e. The molecule has 0 radical (unpaired) electrons. The molecule has 18 heavy (non-hydrogen) atoms. The zero-order valence-corrected chi connectivity index (χ0v) is 10.8. The fraction of sp³-hybridized carbons (Fsp3) is 0.538. The predicted octanol–water partition coefficient (Wildman–Crippen LogP) is 1.51. The molecule has 0 bridgehead atoms. The normalized spacial score (nSPS) is 16.4. The van der Waals surface area contributed by atoms with E-state index >= 15 is 0 Å². The number of hydrogen-bond donors (Lipinski definition) is 1. The van der Waals surface area contributed by atoms with E-state index in [-0.39, 0.29) is 11.9 Å². The van der Waals surface area contributed by atoms with E-state index in [4.69, 9.17) is 4.74 Å². The van der Waals surface area contributed by atoms with E-state index in [9.17, 15) is 4.79 Å². The lowest BCUT2D eigenvalue weighted by Crippen LogP contribution is -2.39. The van der Waals surface area contributed by atoms with E-state index < -0.39 is 0 Å². The van der Waals surface area contributed by atoms with Gasteiger partial charge >= 0.3 is 0 Å². The van der Waals surface area contributed by atoms with Crippen molar-refractivity contribution >= 4 is 11.7 Å². The molecule has 1 atom stereocenters. The van der Waals surface area contributed by atoms with E-state index in [1.807, 2.05) is 17.9 Å². The van der Waals surface area contributed by atoms with E-state index in [1.54, 1.807) is 19.4 Å². The Bertz CT molecular complexity index is 416. The summed E-state index contributed by atoms with van der Waals surface area (Å²) in [6.07, 6.45) is 3.88. The Kier molecular flexibility index (Phi) is 4.02. The first-order chi connectivity index (χ1) is 8.72. The minimum atomic E-state index is -0.285. The molecule has 0 saturated carbocycles. The van der Waals surface area contributed by atoms with Gasteiger partial charge in [0.25, 0.3) is 0 Å². The Balaban J connectivity index is 2.01. The van der Waals surface area contributed by atoms with Gasteiger partial charge in [-0.1, -0.05) is 0 Å². The molecule has 1 aliphatic rings. The molecule has 0 spiro atoms. The van der Waals surface area contributed by atoms with E-state index in [0.717, 1.165) is 25.9 Å². The van der Waals surface area contributed by atoms with Gasteiger partial charge in [-0.05, 0) is 31.9 Å². The molecule has 2 heterocycles. The van der Waals surface area contributed by atoms with Crippen molar-refractivity contribution in [1.29, 1.82) is 0 Å². The lowest BCUT2D eigenvalue weighted by atomic mass is 10.3. The van der Waals surface area contributed by atoms with Crippen molar-refractivity contribution in [2.75, 3.05) is 25.5 Å². The topological polar surface area (TPSA) is 54.5 Å². The van der Waals surface area contributed by atoms with Crippen LogP contribution >= 0.6 is 0 Å². The summed E-state index contributed by atoms with van der Waals surface area (Å²) in [6.45, 7) is 3.59. The molecule has 0 aromatic carbocycles. The Labute approximate surface area is 107 Å². The van der Waals surface area contributed by atoms with Crippen LogP contribution in [0.4, 0.5) is 5.82 Å². The molecule has 98 valence electrons. The third kappa shape index (κ3) is 2.72. The van der Waals surface area contributed by atoms with Gasteiger partial charge in [0.2, 0.25) is 5.91 Å². The highest BCUT2D eigenvalue weighted by molar-refractivity contribution is 5.84. The summed E-state index contributed by atoms with van der Waals surface area (Å²) >= 11 is 0. The molecule has 1 saturated heterocycles. The molecule has 5 heteroatoms. The number of pyridine rings is 1. The number of nitrogens with one attached hydrogen (secondary N) is 1. The molecule has 1 aromatic rings. The molecule has 1 aromatic heterocycles. The third-order valence-electron chi connectivity index (χ3n) is 3.13. The number of likely N-dealkylation sites (tertiary alicyclic amines) is 1. The van der Waals surface area contributed by atoms with Crippen molar-refractivity contribution in [1.82, 2.24) is 9.88 Å². The standard InChI is InChI=1S/C13H19N3O2/c1-10(13(17)16-8-3-4-9-16)15-12-11(18-2)6-5-7-14-12/h5-7,10H,3-4,8-9H2,1-2H3,(H,14,15). The summed E-state index contributed by atoms with van der Waals surface area (Å²) in [7, 11) is 1.59. The number of carbonyl (C=O) groups is 1. The highest BCUT2D eigenvalue weighted by Crippen LogP contribution is 2.21. The zero-order chi connectivity index (χ0) is 13.0. The summed E-state index contributed by atoms with van der Waals surface area (Å²) in [5.74, 6) is 1.39. The zero-order valence-electron chi connectivity index (χ0n) is 10.8. The first-order valence-corrected chi connectivity index (χ1v) is 6.26. The Hall–Kier alpha value is -1.78. The molecule has 1 unspecified atom stereocenters. The molecule has 1 aliphatic heterocycles. The fourth-order valence-electron chi connectivity index (χ4n) is 2.14. The van der Waals surface area contributed by atoms with E-state index in [2.05, 4.69) is 10.3 Å². The van der Waals surface area contributed by atoms with Crippen molar-refractivity contribution < 1.29 is 9.53 Å². The van der Waals surface area contributed by atoms with Crippen LogP contribution in [0.1, 0.15) is 19.8 Å². The van der Waals surface area contributed by atoms with Gasteiger partial charge in [0.1, 0.15) is 6.04 Å². The van der Waals surface area contributed by atoms with Crippen LogP contribution in [0.5, 0.6) is 5.75 Å². The number of anilines is 1. The van der Waals surface area contributed by atoms with Crippen molar-refractivity contribution in [3.63, 3.8) is 0 Å². The summed E-state index contributed by atoms with van der Waals surface area (Å²) in [5, 5.41) is 3.11. The summed E-state index contributed by atoms with van der Waals surface area (Å²) in [6, 6.07) is 3.34. The van der Waals surface area contributed by atoms with Crippen LogP contribution in [0.15, 0.2) is 18.3 Å². The van der Waals surface area contributed by atoms with Gasteiger partial charge in [0.05, 0.1) is 7.11 Å². The minimum Gasteiger partial charge on any atom is -0.493 e. The Morgan fingerprint density at radius 3 is 2.89 bits per heavy atom. The van der Waals surface area contributed by atoms with Crippen LogP contribution in [0.3, 0.4) is 0 Å². The Morgan fingerprint density at radius 2 is 2.22 bits per heavy atom. The average molecular weight is 249 g/mol. The lowest BCUT2D eigenvalue weighted by Gasteiger charge is -2.22. The summed E-state index contributed by atoms with van der Waals surface area (Å²) in [5.41, 5.74) is 0. The maximum absolute atomic E-state index is 12.1. The molecule has 5 nitrogen and oxygen atoms in total.